The molecule has 0 aliphatic heterocycles. The molecule has 1 amide bonds. The van der Waals surface area contributed by atoms with Crippen LogP contribution in [0.25, 0.3) is 5.69 Å². The number of benzene rings is 2. The van der Waals surface area contributed by atoms with Crippen molar-refractivity contribution in [2.45, 2.75) is 49.8 Å². The van der Waals surface area contributed by atoms with Crippen LogP contribution < -0.4 is 10.1 Å². The number of carbonyl (C=O) groups is 2. The lowest BCUT2D eigenvalue weighted by Crippen LogP contribution is -2.29. The van der Waals surface area contributed by atoms with Crippen molar-refractivity contribution in [3.05, 3.63) is 71.3 Å². The largest absolute Gasteiger partial charge is 0.573 e. The number of amides is 1. The zero-order valence-corrected chi connectivity index (χ0v) is 18.8. The number of anilines is 1. The molecule has 2 aliphatic rings. The molecule has 0 radical (unpaired) electrons. The smallest absolute Gasteiger partial charge is 0.478 e. The van der Waals surface area contributed by atoms with E-state index in [2.05, 4.69) is 15.2 Å². The minimum atomic E-state index is -4.97. The molecule has 0 saturated heterocycles. The SMILES string of the molecule is O=C(O)c1cc(NC(=O)C2(c3ccc(OC(F)(F)F)cc3F)CC2)ccc1-n1cc(C2CCC2)cn1. The van der Waals surface area contributed by atoms with Crippen molar-refractivity contribution in [1.82, 2.24) is 9.78 Å². The normalized spacial score (nSPS) is 16.8. The number of carboxylic acids is 1. The first-order valence-electron chi connectivity index (χ1n) is 11.4. The van der Waals surface area contributed by atoms with E-state index in [-0.39, 0.29) is 29.7 Å². The van der Waals surface area contributed by atoms with Gasteiger partial charge in [-0.05, 0) is 61.4 Å². The molecule has 0 atom stereocenters. The van der Waals surface area contributed by atoms with E-state index in [0.29, 0.717) is 17.7 Å². The zero-order valence-electron chi connectivity index (χ0n) is 18.8. The monoisotopic (exact) mass is 503 g/mol. The van der Waals surface area contributed by atoms with Gasteiger partial charge in [0.05, 0.1) is 22.9 Å². The maximum Gasteiger partial charge on any atom is 0.573 e. The summed E-state index contributed by atoms with van der Waals surface area (Å²) >= 11 is 0. The highest BCUT2D eigenvalue weighted by Crippen LogP contribution is 2.50. The quantitative estimate of drug-likeness (QED) is 0.413. The summed E-state index contributed by atoms with van der Waals surface area (Å²) in [5.41, 5.74) is 0.169. The summed E-state index contributed by atoms with van der Waals surface area (Å²) in [6.07, 6.45) is 2.44. The van der Waals surface area contributed by atoms with Crippen LogP contribution in [-0.2, 0) is 10.2 Å². The van der Waals surface area contributed by atoms with E-state index in [0.717, 1.165) is 37.0 Å². The Morgan fingerprint density at radius 3 is 2.47 bits per heavy atom. The number of hydrogen-bond donors (Lipinski definition) is 2. The van der Waals surface area contributed by atoms with Gasteiger partial charge in [0, 0.05) is 23.5 Å². The van der Waals surface area contributed by atoms with Gasteiger partial charge in [-0.2, -0.15) is 5.10 Å². The van der Waals surface area contributed by atoms with Crippen LogP contribution in [0.4, 0.5) is 23.2 Å². The second-order valence-corrected chi connectivity index (χ2v) is 9.11. The number of halogens is 4. The molecule has 2 saturated carbocycles. The number of hydrogen-bond acceptors (Lipinski definition) is 4. The van der Waals surface area contributed by atoms with Crippen LogP contribution >= 0.6 is 0 Å². The number of alkyl halides is 3. The van der Waals surface area contributed by atoms with E-state index in [9.17, 15) is 32.3 Å². The molecule has 3 aromatic rings. The van der Waals surface area contributed by atoms with Crippen LogP contribution in [-0.4, -0.2) is 33.1 Å². The van der Waals surface area contributed by atoms with Crippen molar-refractivity contribution < 1.29 is 37.0 Å². The van der Waals surface area contributed by atoms with Crippen molar-refractivity contribution in [2.75, 3.05) is 5.32 Å². The summed E-state index contributed by atoms with van der Waals surface area (Å²) in [6, 6.07) is 7.00. The third-order valence-electron chi connectivity index (χ3n) is 6.79. The molecule has 2 aromatic carbocycles. The molecule has 0 spiro atoms. The molecule has 11 heteroatoms. The molecule has 5 rings (SSSR count). The molecule has 36 heavy (non-hydrogen) atoms. The molecule has 2 N–H and O–H groups in total. The highest BCUT2D eigenvalue weighted by Gasteiger charge is 2.53. The molecule has 0 unspecified atom stereocenters. The first-order valence-corrected chi connectivity index (χ1v) is 11.4. The third kappa shape index (κ3) is 4.52. The van der Waals surface area contributed by atoms with Gasteiger partial charge in [-0.1, -0.05) is 12.5 Å². The second-order valence-electron chi connectivity index (χ2n) is 9.11. The number of rotatable bonds is 7. The van der Waals surface area contributed by atoms with E-state index < -0.39 is 35.2 Å². The van der Waals surface area contributed by atoms with Gasteiger partial charge in [0.2, 0.25) is 5.91 Å². The first kappa shape index (κ1) is 23.8. The third-order valence-corrected chi connectivity index (χ3v) is 6.79. The van der Waals surface area contributed by atoms with Crippen LogP contribution in [0.5, 0.6) is 5.75 Å². The van der Waals surface area contributed by atoms with Crippen molar-refractivity contribution in [2.24, 2.45) is 0 Å². The maximum absolute atomic E-state index is 14.6. The number of aromatic carboxylic acids is 1. The Bertz CT molecular complexity index is 1340. The summed E-state index contributed by atoms with van der Waals surface area (Å²) in [4.78, 5) is 25.0. The lowest BCUT2D eigenvalue weighted by Gasteiger charge is -2.23. The second kappa shape index (κ2) is 8.65. The van der Waals surface area contributed by atoms with Crippen molar-refractivity contribution >= 4 is 17.6 Å². The van der Waals surface area contributed by atoms with Gasteiger partial charge in [-0.15, -0.1) is 13.2 Å². The highest BCUT2D eigenvalue weighted by atomic mass is 19.4. The van der Waals surface area contributed by atoms with Gasteiger partial charge in [-0.25, -0.2) is 13.9 Å². The Morgan fingerprint density at radius 2 is 1.89 bits per heavy atom. The summed E-state index contributed by atoms with van der Waals surface area (Å²) in [5.74, 6) is -3.09. The van der Waals surface area contributed by atoms with Crippen LogP contribution in [0.2, 0.25) is 0 Å². The fourth-order valence-corrected chi connectivity index (χ4v) is 4.48. The minimum absolute atomic E-state index is 0.0512. The number of ether oxygens (including phenoxy) is 1. The average Bonchev–Trinajstić information content (AvgIpc) is 3.43. The molecule has 188 valence electrons. The first-order chi connectivity index (χ1) is 17.1. The number of nitrogens with one attached hydrogen (secondary N) is 1. The van der Waals surface area contributed by atoms with Gasteiger partial charge in [0.1, 0.15) is 11.6 Å². The van der Waals surface area contributed by atoms with Crippen molar-refractivity contribution in [3.63, 3.8) is 0 Å². The molecular weight excluding hydrogens is 482 g/mol. The van der Waals surface area contributed by atoms with Crippen LogP contribution in [0, 0.1) is 5.82 Å². The van der Waals surface area contributed by atoms with E-state index in [1.807, 2.05) is 0 Å². The van der Waals surface area contributed by atoms with Gasteiger partial charge in [-0.3, -0.25) is 4.79 Å². The summed E-state index contributed by atoms with van der Waals surface area (Å²) in [7, 11) is 0. The maximum atomic E-state index is 14.6. The number of carbonyl (C=O) groups excluding carboxylic acids is 1. The van der Waals surface area contributed by atoms with E-state index >= 15 is 0 Å². The van der Waals surface area contributed by atoms with Gasteiger partial charge >= 0.3 is 12.3 Å². The molecule has 1 heterocycles. The Kier molecular flexibility index (Phi) is 5.73. The molecule has 7 nitrogen and oxygen atoms in total. The molecule has 1 aromatic heterocycles. The Balaban J connectivity index is 1.37. The predicted octanol–water partition coefficient (Wildman–Crippen LogP) is 5.55. The summed E-state index contributed by atoms with van der Waals surface area (Å²) in [6.45, 7) is 0. The average molecular weight is 503 g/mol. The molecule has 2 aliphatic carbocycles. The lowest BCUT2D eigenvalue weighted by atomic mass is 9.81. The highest BCUT2D eigenvalue weighted by molar-refractivity contribution is 6.02. The predicted molar refractivity (Wildman–Crippen MR) is 120 cm³/mol. The van der Waals surface area contributed by atoms with Gasteiger partial charge < -0.3 is 15.2 Å². The molecule has 0 bridgehead atoms. The van der Waals surface area contributed by atoms with Gasteiger partial charge in [0.25, 0.3) is 0 Å². The Labute approximate surface area is 202 Å². The molecular formula is C25H21F4N3O4. The van der Waals surface area contributed by atoms with Crippen molar-refractivity contribution in [1.29, 1.82) is 0 Å². The minimum Gasteiger partial charge on any atom is -0.478 e. The van der Waals surface area contributed by atoms with E-state index in [4.69, 9.17) is 0 Å². The number of carboxylic acid groups (broad SMARTS) is 1. The van der Waals surface area contributed by atoms with E-state index in [1.54, 1.807) is 12.4 Å². The fourth-order valence-electron chi connectivity index (χ4n) is 4.48. The summed E-state index contributed by atoms with van der Waals surface area (Å²) < 4.78 is 57.1. The topological polar surface area (TPSA) is 93.5 Å². The number of aromatic nitrogens is 2. The van der Waals surface area contributed by atoms with E-state index in [1.165, 1.54) is 22.9 Å². The number of nitrogens with zero attached hydrogens (tertiary/aromatic N) is 2. The van der Waals surface area contributed by atoms with Gasteiger partial charge in [0.15, 0.2) is 0 Å². The van der Waals surface area contributed by atoms with Crippen molar-refractivity contribution in [3.8, 4) is 11.4 Å². The fraction of sp³-hybridized carbons (Fsp3) is 0.320. The standard InChI is InChI=1S/C25H21F4N3O4/c26-20-11-17(36-25(27,28)29)5-6-19(20)24(8-9-24)23(35)31-16-4-7-21(18(10-16)22(33)34)32-13-15(12-30-32)14-2-1-3-14/h4-7,10-14H,1-3,8-9H2,(H,31,35)(H,33,34). The summed E-state index contributed by atoms with van der Waals surface area (Å²) in [5, 5.41) is 16.7. The van der Waals surface area contributed by atoms with Crippen LogP contribution in [0.1, 0.15) is 59.5 Å². The Hall–Kier alpha value is -3.89. The van der Waals surface area contributed by atoms with Crippen LogP contribution in [0.15, 0.2) is 48.8 Å². The van der Waals surface area contributed by atoms with Crippen LogP contribution in [0.3, 0.4) is 0 Å². The Morgan fingerprint density at radius 1 is 1.14 bits per heavy atom. The lowest BCUT2D eigenvalue weighted by molar-refractivity contribution is -0.274. The molecule has 2 fully saturated rings. The zero-order chi connectivity index (χ0) is 25.7.